The molecule has 7 nitrogen and oxygen atoms in total. The minimum Gasteiger partial charge on any atom is -0.475 e. The molecule has 176 valence electrons. The van der Waals surface area contributed by atoms with Gasteiger partial charge < -0.3 is 14.9 Å². The van der Waals surface area contributed by atoms with Gasteiger partial charge >= 0.3 is 12.1 Å². The zero-order valence-corrected chi connectivity index (χ0v) is 18.2. The number of aromatic nitrogens is 1. The van der Waals surface area contributed by atoms with Crippen molar-refractivity contribution >= 4 is 17.8 Å². The molecule has 0 aliphatic carbocycles. The van der Waals surface area contributed by atoms with Gasteiger partial charge in [0.2, 0.25) is 5.91 Å². The lowest BCUT2D eigenvalue weighted by Crippen LogP contribution is -2.39. The number of likely N-dealkylation sites (tertiary alicyclic amines) is 2. The normalized spacial score (nSPS) is 22.3. The van der Waals surface area contributed by atoms with Crippen LogP contribution in [0.25, 0.3) is 0 Å². The summed E-state index contributed by atoms with van der Waals surface area (Å²) < 4.78 is 31.7. The van der Waals surface area contributed by atoms with E-state index in [4.69, 9.17) is 9.90 Å². The average Bonchev–Trinajstić information content (AvgIpc) is 3.30. The van der Waals surface area contributed by atoms with Gasteiger partial charge in [-0.1, -0.05) is 36.4 Å². The third-order valence-electron chi connectivity index (χ3n) is 6.05. The van der Waals surface area contributed by atoms with Crippen molar-refractivity contribution in [3.8, 4) is 0 Å². The molecule has 0 radical (unpaired) electrons. The maximum Gasteiger partial charge on any atom is 0.490 e. The standard InChI is InChI=1S/C21H23N3O2.C2HF3O2/c1-15-7-6-10-18(22-15)19(25)24-13-17(16-8-4-3-5-9-16)21(14-24)11-12-23(2)20(21)26;3-2(4,5)1(6)7/h3-10,17H,11-14H2,1-2H3;(H,6,7)/t17-,21+;/m0./s1. The van der Waals surface area contributed by atoms with Crippen LogP contribution >= 0.6 is 0 Å². The molecule has 2 fully saturated rings. The summed E-state index contributed by atoms with van der Waals surface area (Å²) in [5, 5.41) is 7.12. The number of carbonyl (C=O) groups excluding carboxylic acids is 2. The number of aliphatic carboxylic acids is 1. The Morgan fingerprint density at radius 3 is 2.27 bits per heavy atom. The van der Waals surface area contributed by atoms with Crippen LogP contribution in [0.3, 0.4) is 0 Å². The number of halogens is 3. The van der Waals surface area contributed by atoms with Crippen LogP contribution in [-0.2, 0) is 9.59 Å². The molecule has 0 saturated carbocycles. The van der Waals surface area contributed by atoms with E-state index in [-0.39, 0.29) is 17.7 Å². The van der Waals surface area contributed by atoms with Crippen LogP contribution in [0.2, 0.25) is 0 Å². The molecule has 2 aliphatic rings. The fraction of sp³-hybridized carbons (Fsp3) is 0.391. The van der Waals surface area contributed by atoms with Crippen LogP contribution < -0.4 is 0 Å². The van der Waals surface area contributed by atoms with Gasteiger partial charge in [0.1, 0.15) is 5.69 Å². The Labute approximate surface area is 188 Å². The van der Waals surface area contributed by atoms with Crippen molar-refractivity contribution in [1.29, 1.82) is 0 Å². The number of nitrogens with zero attached hydrogens (tertiary/aromatic N) is 3. The van der Waals surface area contributed by atoms with Gasteiger partial charge in [0.25, 0.3) is 5.91 Å². The van der Waals surface area contributed by atoms with E-state index in [1.54, 1.807) is 11.0 Å². The highest BCUT2D eigenvalue weighted by Gasteiger charge is 2.57. The van der Waals surface area contributed by atoms with Crippen molar-refractivity contribution in [3.05, 3.63) is 65.5 Å². The number of amides is 2. The van der Waals surface area contributed by atoms with Crippen molar-refractivity contribution in [2.45, 2.75) is 25.4 Å². The molecule has 0 unspecified atom stereocenters. The number of aryl methyl sites for hydroxylation is 1. The Kier molecular flexibility index (Phi) is 6.76. The highest BCUT2D eigenvalue weighted by molar-refractivity contribution is 5.94. The van der Waals surface area contributed by atoms with Gasteiger partial charge in [-0.25, -0.2) is 9.78 Å². The van der Waals surface area contributed by atoms with Crippen LogP contribution in [-0.4, -0.2) is 70.5 Å². The molecule has 1 aromatic heterocycles. The Balaban J connectivity index is 0.000000383. The molecule has 1 spiro atoms. The maximum atomic E-state index is 13.0. The minimum absolute atomic E-state index is 0.0231. The van der Waals surface area contributed by atoms with E-state index in [1.165, 1.54) is 0 Å². The van der Waals surface area contributed by atoms with Crippen molar-refractivity contribution in [2.24, 2.45) is 5.41 Å². The Morgan fingerprint density at radius 2 is 1.76 bits per heavy atom. The number of carboxylic acids is 1. The third-order valence-corrected chi connectivity index (χ3v) is 6.05. The van der Waals surface area contributed by atoms with Crippen molar-refractivity contribution in [3.63, 3.8) is 0 Å². The summed E-state index contributed by atoms with van der Waals surface area (Å²) >= 11 is 0. The predicted octanol–water partition coefficient (Wildman–Crippen LogP) is 3.11. The van der Waals surface area contributed by atoms with Crippen LogP contribution in [0.4, 0.5) is 13.2 Å². The first kappa shape index (κ1) is 24.2. The van der Waals surface area contributed by atoms with Crippen molar-refractivity contribution in [1.82, 2.24) is 14.8 Å². The molecule has 4 rings (SSSR count). The number of benzene rings is 1. The number of rotatable bonds is 2. The molecule has 1 N–H and O–H groups in total. The van der Waals surface area contributed by atoms with Crippen LogP contribution in [0.5, 0.6) is 0 Å². The van der Waals surface area contributed by atoms with E-state index in [0.29, 0.717) is 18.8 Å². The van der Waals surface area contributed by atoms with E-state index < -0.39 is 17.6 Å². The molecule has 1 aromatic carbocycles. The first-order chi connectivity index (χ1) is 15.5. The summed E-state index contributed by atoms with van der Waals surface area (Å²) in [6.07, 6.45) is -4.30. The SMILES string of the molecule is Cc1cccc(C(=O)N2C[C@@H](c3ccccc3)[C@@]3(CCN(C)C3=O)C2)n1.O=C(O)C(F)(F)F. The molecular formula is C23H24F3N3O4. The first-order valence-corrected chi connectivity index (χ1v) is 10.3. The highest BCUT2D eigenvalue weighted by Crippen LogP contribution is 2.49. The van der Waals surface area contributed by atoms with E-state index in [1.807, 2.05) is 49.2 Å². The summed E-state index contributed by atoms with van der Waals surface area (Å²) in [5.41, 5.74) is 1.88. The Hall–Kier alpha value is -3.43. The second-order valence-corrected chi connectivity index (χ2v) is 8.25. The quantitative estimate of drug-likeness (QED) is 0.739. The highest BCUT2D eigenvalue weighted by atomic mass is 19.4. The molecule has 2 amide bonds. The number of carboxylic acid groups (broad SMARTS) is 1. The molecule has 2 atom stereocenters. The van der Waals surface area contributed by atoms with Gasteiger partial charge in [-0.15, -0.1) is 0 Å². The number of hydrogen-bond donors (Lipinski definition) is 1. The monoisotopic (exact) mass is 463 g/mol. The lowest BCUT2D eigenvalue weighted by molar-refractivity contribution is -0.192. The van der Waals surface area contributed by atoms with E-state index in [9.17, 15) is 22.8 Å². The smallest absolute Gasteiger partial charge is 0.475 e. The van der Waals surface area contributed by atoms with Gasteiger partial charge in [-0.3, -0.25) is 9.59 Å². The molecule has 2 aliphatic heterocycles. The zero-order chi connectivity index (χ0) is 24.4. The van der Waals surface area contributed by atoms with Gasteiger partial charge in [-0.05, 0) is 31.0 Å². The summed E-state index contributed by atoms with van der Waals surface area (Å²) in [6, 6.07) is 15.6. The predicted molar refractivity (Wildman–Crippen MR) is 112 cm³/mol. The van der Waals surface area contributed by atoms with E-state index in [2.05, 4.69) is 17.1 Å². The molecule has 2 aromatic rings. The third kappa shape index (κ3) is 4.99. The fourth-order valence-corrected chi connectivity index (χ4v) is 4.42. The number of alkyl halides is 3. The topological polar surface area (TPSA) is 90.8 Å². The van der Waals surface area contributed by atoms with Gasteiger partial charge in [0, 0.05) is 38.3 Å². The number of hydrogen-bond acceptors (Lipinski definition) is 4. The number of pyridine rings is 1. The molecule has 10 heteroatoms. The summed E-state index contributed by atoms with van der Waals surface area (Å²) in [4.78, 5) is 43.0. The van der Waals surface area contributed by atoms with Crippen LogP contribution in [0.15, 0.2) is 48.5 Å². The average molecular weight is 463 g/mol. The van der Waals surface area contributed by atoms with Crippen LogP contribution in [0, 0.1) is 12.3 Å². The Bertz CT molecular complexity index is 1040. The molecule has 3 heterocycles. The zero-order valence-electron chi connectivity index (χ0n) is 18.2. The summed E-state index contributed by atoms with van der Waals surface area (Å²) in [6.45, 7) is 3.64. The first-order valence-electron chi connectivity index (χ1n) is 10.3. The minimum atomic E-state index is -5.08. The lowest BCUT2D eigenvalue weighted by Gasteiger charge is -2.28. The van der Waals surface area contributed by atoms with E-state index >= 15 is 0 Å². The second-order valence-electron chi connectivity index (χ2n) is 8.25. The van der Waals surface area contributed by atoms with Gasteiger partial charge in [0.15, 0.2) is 0 Å². The van der Waals surface area contributed by atoms with Crippen LogP contribution in [0.1, 0.15) is 34.1 Å². The maximum absolute atomic E-state index is 13.0. The second kappa shape index (κ2) is 9.21. The summed E-state index contributed by atoms with van der Waals surface area (Å²) in [7, 11) is 1.85. The van der Waals surface area contributed by atoms with Gasteiger partial charge in [0.05, 0.1) is 5.41 Å². The molecular weight excluding hydrogens is 439 g/mol. The molecule has 0 bridgehead atoms. The number of carbonyl (C=O) groups is 3. The largest absolute Gasteiger partial charge is 0.490 e. The van der Waals surface area contributed by atoms with Gasteiger partial charge in [-0.2, -0.15) is 13.2 Å². The molecule has 33 heavy (non-hydrogen) atoms. The molecule has 2 saturated heterocycles. The lowest BCUT2D eigenvalue weighted by atomic mass is 9.73. The Morgan fingerprint density at radius 1 is 1.12 bits per heavy atom. The van der Waals surface area contributed by atoms with E-state index in [0.717, 1.165) is 24.2 Å². The summed E-state index contributed by atoms with van der Waals surface area (Å²) in [5.74, 6) is -2.67. The van der Waals surface area contributed by atoms with Crippen molar-refractivity contribution < 1.29 is 32.7 Å². The fourth-order valence-electron chi connectivity index (χ4n) is 4.42. The van der Waals surface area contributed by atoms with Crippen molar-refractivity contribution in [2.75, 3.05) is 26.7 Å².